The maximum atomic E-state index is 4.05. The lowest BCUT2D eigenvalue weighted by atomic mass is 10.1. The van der Waals surface area contributed by atoms with E-state index in [1.165, 1.54) is 12.0 Å². The minimum atomic E-state index is 0.720. The summed E-state index contributed by atoms with van der Waals surface area (Å²) in [5, 5.41) is 3.39. The van der Waals surface area contributed by atoms with Crippen molar-refractivity contribution in [2.24, 2.45) is 5.92 Å². The molecule has 0 aromatic heterocycles. The van der Waals surface area contributed by atoms with Gasteiger partial charge in [0.05, 0.1) is 0 Å². The molecule has 82 valence electrons. The summed E-state index contributed by atoms with van der Waals surface area (Å²) in [6.45, 7) is 9.54. The van der Waals surface area contributed by atoms with Gasteiger partial charge in [0, 0.05) is 18.7 Å². The molecule has 0 aliphatic heterocycles. The lowest BCUT2D eigenvalue weighted by Gasteiger charge is -2.13. The van der Waals surface area contributed by atoms with Gasteiger partial charge in [0.25, 0.3) is 0 Å². The van der Waals surface area contributed by atoms with Crippen molar-refractivity contribution in [2.75, 3.05) is 6.54 Å². The zero-order chi connectivity index (χ0) is 11.1. The van der Waals surface area contributed by atoms with E-state index in [2.05, 4.69) is 50.0 Å². The number of benzene rings is 1. The number of hydrogen-bond acceptors (Lipinski definition) is 1. The van der Waals surface area contributed by atoms with Gasteiger partial charge in [0.2, 0.25) is 0 Å². The average Bonchev–Trinajstić information content (AvgIpc) is 2.27. The van der Waals surface area contributed by atoms with Crippen LogP contribution in [0.5, 0.6) is 0 Å². The van der Waals surface area contributed by atoms with Gasteiger partial charge in [0.15, 0.2) is 0 Å². The number of allylic oxidation sites excluding steroid dienone is 1. The molecule has 1 N–H and O–H groups in total. The molecule has 0 fully saturated rings. The Morgan fingerprint density at radius 3 is 2.60 bits per heavy atom. The van der Waals surface area contributed by atoms with Crippen molar-refractivity contribution in [1.29, 1.82) is 0 Å². The largest absolute Gasteiger partial charge is 0.388 e. The van der Waals surface area contributed by atoms with Crippen molar-refractivity contribution in [3.63, 3.8) is 0 Å². The van der Waals surface area contributed by atoms with Gasteiger partial charge in [-0.15, -0.1) is 0 Å². The average molecular weight is 203 g/mol. The van der Waals surface area contributed by atoms with E-state index in [9.17, 15) is 0 Å². The van der Waals surface area contributed by atoms with Gasteiger partial charge in [-0.05, 0) is 11.5 Å². The fraction of sp³-hybridized carbons (Fsp3) is 0.429. The monoisotopic (exact) mass is 203 g/mol. The van der Waals surface area contributed by atoms with Gasteiger partial charge in [-0.25, -0.2) is 0 Å². The molecule has 1 aromatic rings. The molecule has 1 aromatic carbocycles. The first-order valence-electron chi connectivity index (χ1n) is 5.68. The van der Waals surface area contributed by atoms with Crippen LogP contribution in [-0.4, -0.2) is 6.54 Å². The van der Waals surface area contributed by atoms with E-state index in [0.717, 1.165) is 24.6 Å². The van der Waals surface area contributed by atoms with Crippen LogP contribution >= 0.6 is 0 Å². The number of nitrogens with one attached hydrogen (secondary N) is 1. The molecular formula is C14H21N. The highest BCUT2D eigenvalue weighted by Gasteiger charge is 2.00. The molecule has 0 saturated heterocycles. The molecule has 1 unspecified atom stereocenters. The Labute approximate surface area is 93.2 Å². The molecule has 1 rings (SSSR count). The van der Waals surface area contributed by atoms with Crippen LogP contribution in [0.3, 0.4) is 0 Å². The molecule has 1 heteroatoms. The van der Waals surface area contributed by atoms with Gasteiger partial charge in [-0.1, -0.05) is 57.2 Å². The third-order valence-corrected chi connectivity index (χ3v) is 2.66. The van der Waals surface area contributed by atoms with Crippen molar-refractivity contribution in [2.45, 2.75) is 26.7 Å². The first kappa shape index (κ1) is 11.8. The van der Waals surface area contributed by atoms with Gasteiger partial charge in [-0.3, -0.25) is 0 Å². The molecular weight excluding hydrogens is 182 g/mol. The summed E-state index contributed by atoms with van der Waals surface area (Å²) in [5.41, 5.74) is 2.43. The summed E-state index contributed by atoms with van der Waals surface area (Å²) >= 11 is 0. The SMILES string of the molecule is C=C(Cc1ccccc1)NCC(C)CC. The Balaban J connectivity index is 2.31. The molecule has 15 heavy (non-hydrogen) atoms. The Kier molecular flexibility index (Phi) is 4.96. The van der Waals surface area contributed by atoms with Crippen molar-refractivity contribution >= 4 is 0 Å². The van der Waals surface area contributed by atoms with Crippen molar-refractivity contribution in [1.82, 2.24) is 5.32 Å². The zero-order valence-electron chi connectivity index (χ0n) is 9.79. The highest BCUT2D eigenvalue weighted by molar-refractivity contribution is 5.19. The van der Waals surface area contributed by atoms with Crippen LogP contribution < -0.4 is 5.32 Å². The van der Waals surface area contributed by atoms with Crippen molar-refractivity contribution < 1.29 is 0 Å². The summed E-state index contributed by atoms with van der Waals surface area (Å²) in [5.74, 6) is 0.720. The smallest absolute Gasteiger partial charge is 0.0169 e. The van der Waals surface area contributed by atoms with E-state index in [0.29, 0.717) is 0 Å². The van der Waals surface area contributed by atoms with Gasteiger partial charge in [0.1, 0.15) is 0 Å². The molecule has 0 saturated carbocycles. The predicted molar refractivity (Wildman–Crippen MR) is 66.7 cm³/mol. The van der Waals surface area contributed by atoms with Crippen LogP contribution in [0.4, 0.5) is 0 Å². The Hall–Kier alpha value is -1.24. The van der Waals surface area contributed by atoms with Gasteiger partial charge >= 0.3 is 0 Å². The highest BCUT2D eigenvalue weighted by atomic mass is 14.9. The fourth-order valence-corrected chi connectivity index (χ4v) is 1.37. The fourth-order valence-electron chi connectivity index (χ4n) is 1.37. The van der Waals surface area contributed by atoms with Crippen LogP contribution in [0.2, 0.25) is 0 Å². The molecule has 0 aliphatic carbocycles. The van der Waals surface area contributed by atoms with Gasteiger partial charge in [-0.2, -0.15) is 0 Å². The lowest BCUT2D eigenvalue weighted by Crippen LogP contribution is -2.20. The standard InChI is InChI=1S/C14H21N/c1-4-12(2)11-15-13(3)10-14-8-6-5-7-9-14/h5-9,12,15H,3-4,10-11H2,1-2H3. The molecule has 0 aliphatic rings. The molecule has 0 bridgehead atoms. The van der Waals surface area contributed by atoms with E-state index < -0.39 is 0 Å². The molecule has 0 radical (unpaired) electrons. The topological polar surface area (TPSA) is 12.0 Å². The molecule has 0 amide bonds. The van der Waals surface area contributed by atoms with E-state index in [-0.39, 0.29) is 0 Å². The van der Waals surface area contributed by atoms with E-state index in [1.54, 1.807) is 0 Å². The van der Waals surface area contributed by atoms with Crippen LogP contribution in [0, 0.1) is 5.92 Å². The van der Waals surface area contributed by atoms with Crippen molar-refractivity contribution in [3.8, 4) is 0 Å². The van der Waals surface area contributed by atoms with Crippen LogP contribution in [0.1, 0.15) is 25.8 Å². The minimum absolute atomic E-state index is 0.720. The minimum Gasteiger partial charge on any atom is -0.388 e. The first-order valence-corrected chi connectivity index (χ1v) is 5.68. The second-order valence-electron chi connectivity index (χ2n) is 4.16. The highest BCUT2D eigenvalue weighted by Crippen LogP contribution is 2.05. The van der Waals surface area contributed by atoms with E-state index in [4.69, 9.17) is 0 Å². The number of hydrogen-bond donors (Lipinski definition) is 1. The van der Waals surface area contributed by atoms with E-state index in [1.807, 2.05) is 6.07 Å². The summed E-state index contributed by atoms with van der Waals surface area (Å²) in [7, 11) is 0. The van der Waals surface area contributed by atoms with Gasteiger partial charge < -0.3 is 5.32 Å². The Bertz CT molecular complexity index is 289. The van der Waals surface area contributed by atoms with Crippen LogP contribution in [-0.2, 0) is 6.42 Å². The van der Waals surface area contributed by atoms with E-state index >= 15 is 0 Å². The molecule has 1 nitrogen and oxygen atoms in total. The quantitative estimate of drug-likeness (QED) is 0.747. The third kappa shape index (κ3) is 4.68. The summed E-state index contributed by atoms with van der Waals surface area (Å²) in [6, 6.07) is 10.4. The first-order chi connectivity index (χ1) is 7.22. The van der Waals surface area contributed by atoms with Crippen LogP contribution in [0.15, 0.2) is 42.6 Å². The Morgan fingerprint density at radius 1 is 1.33 bits per heavy atom. The zero-order valence-corrected chi connectivity index (χ0v) is 9.79. The summed E-state index contributed by atoms with van der Waals surface area (Å²) < 4.78 is 0. The predicted octanol–water partition coefficient (Wildman–Crippen LogP) is 3.38. The number of rotatable bonds is 6. The molecule has 0 spiro atoms. The summed E-state index contributed by atoms with van der Waals surface area (Å²) in [4.78, 5) is 0. The second kappa shape index (κ2) is 6.28. The third-order valence-electron chi connectivity index (χ3n) is 2.66. The lowest BCUT2D eigenvalue weighted by molar-refractivity contribution is 0.527. The Morgan fingerprint density at radius 2 is 2.00 bits per heavy atom. The molecule has 0 heterocycles. The maximum absolute atomic E-state index is 4.05. The normalized spacial score (nSPS) is 12.1. The molecule has 1 atom stereocenters. The maximum Gasteiger partial charge on any atom is 0.0169 e. The summed E-state index contributed by atoms with van der Waals surface area (Å²) in [6.07, 6.45) is 2.14. The van der Waals surface area contributed by atoms with Crippen LogP contribution in [0.25, 0.3) is 0 Å². The van der Waals surface area contributed by atoms with Crippen molar-refractivity contribution in [3.05, 3.63) is 48.2 Å². The second-order valence-corrected chi connectivity index (χ2v) is 4.16.